The van der Waals surface area contributed by atoms with Gasteiger partial charge in [0.25, 0.3) is 0 Å². The van der Waals surface area contributed by atoms with E-state index in [1.165, 1.54) is 0 Å². The van der Waals surface area contributed by atoms with Gasteiger partial charge >= 0.3 is 6.18 Å². The van der Waals surface area contributed by atoms with Crippen LogP contribution >= 0.6 is 46.4 Å². The number of rotatable bonds is 3. The van der Waals surface area contributed by atoms with Gasteiger partial charge in [0.1, 0.15) is 0 Å². The van der Waals surface area contributed by atoms with Crippen molar-refractivity contribution in [2.24, 2.45) is 0 Å². The van der Waals surface area contributed by atoms with Crippen LogP contribution in [0.1, 0.15) is 23.2 Å². The first kappa shape index (κ1) is 15.9. The molecule has 0 aliphatic carbocycles. The number of hydrogen-bond acceptors (Lipinski definition) is 1. The van der Waals surface area contributed by atoms with E-state index in [4.69, 9.17) is 46.4 Å². The summed E-state index contributed by atoms with van der Waals surface area (Å²) in [6, 6.07) is 1.16. The molecule has 0 saturated heterocycles. The zero-order chi connectivity index (χ0) is 14.1. The molecule has 0 aliphatic rings. The lowest BCUT2D eigenvalue weighted by Crippen LogP contribution is -2.11. The number of Topliss-reactive ketones (excluding diaryl/α,β-unsaturated/α-hetero) is 1. The molecule has 0 aliphatic heterocycles. The lowest BCUT2D eigenvalue weighted by molar-refractivity contribution is -0.133. The molecule has 0 radical (unpaired) electrons. The van der Waals surface area contributed by atoms with Gasteiger partial charge in [-0.3, -0.25) is 4.79 Å². The number of hydrogen-bond donors (Lipinski definition) is 0. The molecule has 0 atom stereocenters. The number of alkyl halides is 3. The SMILES string of the molecule is O=C(CCC(F)(F)F)c1c(Cl)cc(Cl)c(Cl)c1Cl. The highest BCUT2D eigenvalue weighted by atomic mass is 35.5. The summed E-state index contributed by atoms with van der Waals surface area (Å²) < 4.78 is 36.0. The van der Waals surface area contributed by atoms with Gasteiger partial charge in [0.05, 0.1) is 32.1 Å². The fraction of sp³-hybridized carbons (Fsp3) is 0.300. The summed E-state index contributed by atoms with van der Waals surface area (Å²) in [6.07, 6.45) is -6.43. The van der Waals surface area contributed by atoms with Gasteiger partial charge in [0, 0.05) is 6.42 Å². The molecule has 18 heavy (non-hydrogen) atoms. The minimum Gasteiger partial charge on any atom is -0.294 e. The summed E-state index contributed by atoms with van der Waals surface area (Å²) in [4.78, 5) is 11.6. The van der Waals surface area contributed by atoms with Gasteiger partial charge in [-0.1, -0.05) is 46.4 Å². The average Bonchev–Trinajstić information content (AvgIpc) is 2.22. The molecule has 0 unspecified atom stereocenters. The van der Waals surface area contributed by atoms with E-state index in [1.807, 2.05) is 0 Å². The van der Waals surface area contributed by atoms with Gasteiger partial charge in [-0.25, -0.2) is 0 Å². The second-order valence-corrected chi connectivity index (χ2v) is 4.95. The van der Waals surface area contributed by atoms with Crippen molar-refractivity contribution in [3.8, 4) is 0 Å². The van der Waals surface area contributed by atoms with Gasteiger partial charge in [-0.05, 0) is 6.07 Å². The Morgan fingerprint density at radius 3 is 2.11 bits per heavy atom. The van der Waals surface area contributed by atoms with Crippen LogP contribution < -0.4 is 0 Å². The van der Waals surface area contributed by atoms with Crippen LogP contribution in [-0.2, 0) is 0 Å². The smallest absolute Gasteiger partial charge is 0.294 e. The van der Waals surface area contributed by atoms with Gasteiger partial charge < -0.3 is 0 Å². The third-order valence-electron chi connectivity index (χ3n) is 2.03. The summed E-state index contributed by atoms with van der Waals surface area (Å²) in [5.74, 6) is -0.833. The molecule has 0 fully saturated rings. The normalized spacial score (nSPS) is 11.7. The molecule has 1 aromatic carbocycles. The predicted octanol–water partition coefficient (Wildman–Crippen LogP) is 5.83. The molecule has 0 aromatic heterocycles. The Balaban J connectivity index is 3.04. The standard InChI is InChI=1S/C10H5Cl4F3O/c11-4-3-5(12)8(13)9(14)7(4)6(18)1-2-10(15,16)17/h3H,1-2H2. The van der Waals surface area contributed by atoms with E-state index >= 15 is 0 Å². The Morgan fingerprint density at radius 1 is 1.06 bits per heavy atom. The summed E-state index contributed by atoms with van der Waals surface area (Å²) in [6.45, 7) is 0. The van der Waals surface area contributed by atoms with Crippen LogP contribution in [0.15, 0.2) is 6.07 Å². The Morgan fingerprint density at radius 2 is 1.61 bits per heavy atom. The monoisotopic (exact) mass is 338 g/mol. The van der Waals surface area contributed by atoms with E-state index in [9.17, 15) is 18.0 Å². The van der Waals surface area contributed by atoms with Crippen LogP contribution in [0.2, 0.25) is 20.1 Å². The number of halogens is 7. The topological polar surface area (TPSA) is 17.1 Å². The first-order chi connectivity index (χ1) is 8.13. The number of carbonyl (C=O) groups is 1. The van der Waals surface area contributed by atoms with E-state index in [2.05, 4.69) is 0 Å². The largest absolute Gasteiger partial charge is 0.389 e. The second kappa shape index (κ2) is 5.87. The molecule has 8 heteroatoms. The maximum Gasteiger partial charge on any atom is 0.389 e. The number of benzene rings is 1. The van der Waals surface area contributed by atoms with Crippen molar-refractivity contribution in [2.75, 3.05) is 0 Å². The predicted molar refractivity (Wildman–Crippen MR) is 66.1 cm³/mol. The van der Waals surface area contributed by atoms with Crippen LogP contribution in [0.3, 0.4) is 0 Å². The molecule has 0 amide bonds. The molecule has 0 N–H and O–H groups in total. The van der Waals surface area contributed by atoms with Crippen molar-refractivity contribution < 1.29 is 18.0 Å². The lowest BCUT2D eigenvalue weighted by atomic mass is 10.1. The van der Waals surface area contributed by atoms with Crippen molar-refractivity contribution in [3.63, 3.8) is 0 Å². The quantitative estimate of drug-likeness (QED) is 0.385. The van der Waals surface area contributed by atoms with E-state index in [0.717, 1.165) is 6.07 Å². The first-order valence-electron chi connectivity index (χ1n) is 4.56. The van der Waals surface area contributed by atoms with Gasteiger partial charge in [-0.2, -0.15) is 13.2 Å². The summed E-state index contributed by atoms with van der Waals surface area (Å²) in [5.41, 5.74) is -0.239. The van der Waals surface area contributed by atoms with Gasteiger partial charge in [0.15, 0.2) is 5.78 Å². The maximum absolute atomic E-state index is 12.0. The Bertz CT molecular complexity index is 485. The molecular formula is C10H5Cl4F3O. The molecule has 0 spiro atoms. The van der Waals surface area contributed by atoms with E-state index in [-0.39, 0.29) is 25.7 Å². The Labute approximate surface area is 121 Å². The molecular weight excluding hydrogens is 335 g/mol. The van der Waals surface area contributed by atoms with Crippen LogP contribution in [0.5, 0.6) is 0 Å². The molecule has 100 valence electrons. The highest BCUT2D eigenvalue weighted by Gasteiger charge is 2.29. The molecule has 0 saturated carbocycles. The zero-order valence-corrected chi connectivity index (χ0v) is 11.6. The molecule has 1 rings (SSSR count). The molecule has 0 bridgehead atoms. The van der Waals surface area contributed by atoms with E-state index in [0.29, 0.717) is 0 Å². The molecule has 1 nitrogen and oxygen atoms in total. The minimum atomic E-state index is -4.43. The summed E-state index contributed by atoms with van der Waals surface area (Å²) >= 11 is 22.8. The van der Waals surface area contributed by atoms with Gasteiger partial charge in [-0.15, -0.1) is 0 Å². The molecule has 1 aromatic rings. The maximum atomic E-state index is 12.0. The van der Waals surface area contributed by atoms with Crippen LogP contribution in [-0.4, -0.2) is 12.0 Å². The zero-order valence-electron chi connectivity index (χ0n) is 8.55. The fourth-order valence-corrected chi connectivity index (χ4v) is 2.33. The third-order valence-corrected chi connectivity index (χ3v) is 3.59. The van der Waals surface area contributed by atoms with Crippen LogP contribution in [0, 0.1) is 0 Å². The second-order valence-electron chi connectivity index (χ2n) is 3.38. The highest BCUT2D eigenvalue weighted by molar-refractivity contribution is 6.51. The Kier molecular flexibility index (Phi) is 5.18. The highest BCUT2D eigenvalue weighted by Crippen LogP contribution is 2.38. The van der Waals surface area contributed by atoms with Crippen molar-refractivity contribution >= 4 is 52.2 Å². The number of ketones is 1. The van der Waals surface area contributed by atoms with Crippen molar-refractivity contribution in [3.05, 3.63) is 31.7 Å². The summed E-state index contributed by atoms with van der Waals surface area (Å²) in [5, 5.41) is -0.444. The Hall–Kier alpha value is -0.160. The van der Waals surface area contributed by atoms with Crippen molar-refractivity contribution in [1.82, 2.24) is 0 Å². The molecule has 0 heterocycles. The number of carbonyl (C=O) groups excluding carboxylic acids is 1. The average molecular weight is 340 g/mol. The lowest BCUT2D eigenvalue weighted by Gasteiger charge is -2.10. The van der Waals surface area contributed by atoms with Crippen molar-refractivity contribution in [1.29, 1.82) is 0 Å². The first-order valence-corrected chi connectivity index (χ1v) is 6.07. The van der Waals surface area contributed by atoms with E-state index in [1.54, 1.807) is 0 Å². The fourth-order valence-electron chi connectivity index (χ4n) is 1.20. The van der Waals surface area contributed by atoms with Crippen LogP contribution in [0.25, 0.3) is 0 Å². The van der Waals surface area contributed by atoms with Crippen molar-refractivity contribution in [2.45, 2.75) is 19.0 Å². The van der Waals surface area contributed by atoms with Crippen LogP contribution in [0.4, 0.5) is 13.2 Å². The summed E-state index contributed by atoms with van der Waals surface area (Å²) in [7, 11) is 0. The minimum absolute atomic E-state index is 0.0269. The van der Waals surface area contributed by atoms with Gasteiger partial charge in [0.2, 0.25) is 0 Å². The third kappa shape index (κ3) is 3.92. The van der Waals surface area contributed by atoms with E-state index < -0.39 is 24.8 Å².